The van der Waals surface area contributed by atoms with Crippen LogP contribution < -0.4 is 23.7 Å². The number of ether oxygens (including phenoxy) is 5. The molecule has 0 saturated carbocycles. The molecule has 0 saturated heterocycles. The molecule has 4 rings (SSSR count). The van der Waals surface area contributed by atoms with Gasteiger partial charge in [0.2, 0.25) is 0 Å². The summed E-state index contributed by atoms with van der Waals surface area (Å²) in [7, 11) is 6.33. The lowest BCUT2D eigenvalue weighted by Gasteiger charge is -2.38. The molecular weight excluding hydrogens is 458 g/mol. The summed E-state index contributed by atoms with van der Waals surface area (Å²) >= 11 is 0. The molecule has 1 amide bonds. The molecule has 0 aromatic heterocycles. The number of nitrogens with zero attached hydrogens (tertiary/aromatic N) is 1. The number of para-hydroxylation sites is 1. The minimum Gasteiger partial charge on any atom is -0.493 e. The number of carbonyl (C=O) groups excluding carboxylic acids is 1. The fourth-order valence-electron chi connectivity index (χ4n) is 4.85. The van der Waals surface area contributed by atoms with Gasteiger partial charge in [-0.25, -0.2) is 0 Å². The van der Waals surface area contributed by atoms with Crippen molar-refractivity contribution in [2.45, 2.75) is 26.3 Å². The first-order valence-corrected chi connectivity index (χ1v) is 11.9. The van der Waals surface area contributed by atoms with Crippen LogP contribution in [0.1, 0.15) is 38.7 Å². The maximum absolute atomic E-state index is 13.9. The van der Waals surface area contributed by atoms with E-state index in [1.54, 1.807) is 39.5 Å². The number of carbonyl (C=O) groups is 1. The predicted molar refractivity (Wildman–Crippen MR) is 138 cm³/mol. The van der Waals surface area contributed by atoms with E-state index in [2.05, 4.69) is 6.07 Å². The third-order valence-corrected chi connectivity index (χ3v) is 6.50. The van der Waals surface area contributed by atoms with E-state index in [1.807, 2.05) is 43.0 Å². The maximum atomic E-state index is 13.9. The highest BCUT2D eigenvalue weighted by Gasteiger charge is 2.35. The Hall–Kier alpha value is -3.87. The van der Waals surface area contributed by atoms with Crippen LogP contribution in [-0.4, -0.2) is 52.4 Å². The molecule has 1 aliphatic heterocycles. The molecule has 190 valence electrons. The van der Waals surface area contributed by atoms with Crippen molar-refractivity contribution in [2.75, 3.05) is 41.6 Å². The van der Waals surface area contributed by atoms with Gasteiger partial charge in [-0.1, -0.05) is 12.1 Å². The molecule has 7 nitrogen and oxygen atoms in total. The van der Waals surface area contributed by atoms with Gasteiger partial charge in [0.1, 0.15) is 12.4 Å². The number of fused-ring (bicyclic) bond motifs is 1. The second-order valence-electron chi connectivity index (χ2n) is 8.85. The Morgan fingerprint density at radius 2 is 1.53 bits per heavy atom. The lowest BCUT2D eigenvalue weighted by molar-refractivity contribution is 0.0585. The molecule has 3 aromatic carbocycles. The van der Waals surface area contributed by atoms with Crippen molar-refractivity contribution in [3.8, 4) is 28.7 Å². The smallest absolute Gasteiger partial charge is 0.258 e. The van der Waals surface area contributed by atoms with Crippen molar-refractivity contribution in [1.29, 1.82) is 0 Å². The van der Waals surface area contributed by atoms with E-state index in [0.717, 1.165) is 28.0 Å². The number of aryl methyl sites for hydroxylation is 2. The van der Waals surface area contributed by atoms with Crippen LogP contribution in [0.25, 0.3) is 0 Å². The van der Waals surface area contributed by atoms with Gasteiger partial charge in [-0.2, -0.15) is 0 Å². The molecule has 3 aromatic rings. The highest BCUT2D eigenvalue weighted by molar-refractivity contribution is 5.98. The zero-order valence-electron chi connectivity index (χ0n) is 21.7. The van der Waals surface area contributed by atoms with E-state index in [9.17, 15) is 4.79 Å². The zero-order valence-corrected chi connectivity index (χ0v) is 21.7. The Bertz CT molecular complexity index is 1230. The number of methoxy groups -OCH3 is 4. The Morgan fingerprint density at radius 3 is 2.17 bits per heavy atom. The third-order valence-electron chi connectivity index (χ3n) is 6.50. The first kappa shape index (κ1) is 25.2. The van der Waals surface area contributed by atoms with Crippen molar-refractivity contribution in [3.05, 3.63) is 76.3 Å². The second-order valence-corrected chi connectivity index (χ2v) is 8.85. The topological polar surface area (TPSA) is 66.5 Å². The van der Waals surface area contributed by atoms with Gasteiger partial charge >= 0.3 is 0 Å². The maximum Gasteiger partial charge on any atom is 0.258 e. The summed E-state index contributed by atoms with van der Waals surface area (Å²) in [4.78, 5) is 15.8. The van der Waals surface area contributed by atoms with Gasteiger partial charge in [0.25, 0.3) is 5.91 Å². The van der Waals surface area contributed by atoms with E-state index in [4.69, 9.17) is 23.7 Å². The molecule has 1 aliphatic rings. The van der Waals surface area contributed by atoms with Crippen LogP contribution in [0.3, 0.4) is 0 Å². The number of amides is 1. The Morgan fingerprint density at radius 1 is 0.861 bits per heavy atom. The molecule has 0 aliphatic carbocycles. The van der Waals surface area contributed by atoms with Crippen molar-refractivity contribution in [3.63, 3.8) is 0 Å². The molecule has 1 heterocycles. The summed E-state index contributed by atoms with van der Waals surface area (Å²) in [6.07, 6.45) is 0.674. The largest absolute Gasteiger partial charge is 0.493 e. The SMILES string of the molecule is COc1cc2c(cc1OC)C(COc1cc(C)cc(C)c1)N(C(=O)c1cccc(OC)c1OC)CC2. The Balaban J connectivity index is 1.76. The summed E-state index contributed by atoms with van der Waals surface area (Å²) in [5, 5.41) is 0. The number of rotatable bonds is 8. The number of benzene rings is 3. The summed E-state index contributed by atoms with van der Waals surface area (Å²) in [6.45, 7) is 4.88. The van der Waals surface area contributed by atoms with E-state index in [0.29, 0.717) is 41.5 Å². The van der Waals surface area contributed by atoms with Crippen molar-refractivity contribution in [1.82, 2.24) is 4.90 Å². The third kappa shape index (κ3) is 4.91. The van der Waals surface area contributed by atoms with E-state index in [1.165, 1.54) is 7.11 Å². The van der Waals surface area contributed by atoms with Gasteiger partial charge in [-0.3, -0.25) is 4.79 Å². The number of hydrogen-bond donors (Lipinski definition) is 0. The monoisotopic (exact) mass is 491 g/mol. The van der Waals surface area contributed by atoms with Crippen LogP contribution in [0.5, 0.6) is 28.7 Å². The molecular formula is C29H33NO6. The van der Waals surface area contributed by atoms with Gasteiger partial charge in [-0.15, -0.1) is 0 Å². The molecule has 36 heavy (non-hydrogen) atoms. The second kappa shape index (κ2) is 10.8. The molecule has 1 atom stereocenters. The van der Waals surface area contributed by atoms with Gasteiger partial charge < -0.3 is 28.6 Å². The minimum absolute atomic E-state index is 0.153. The average molecular weight is 492 g/mol. The van der Waals surface area contributed by atoms with Gasteiger partial charge in [0.05, 0.1) is 40.0 Å². The molecule has 0 fully saturated rings. The summed E-state index contributed by atoms with van der Waals surface area (Å²) < 4.78 is 28.4. The summed E-state index contributed by atoms with van der Waals surface area (Å²) in [5.41, 5.74) is 4.75. The lowest BCUT2D eigenvalue weighted by atomic mass is 9.91. The quantitative estimate of drug-likeness (QED) is 0.434. The van der Waals surface area contributed by atoms with Gasteiger partial charge in [0, 0.05) is 6.54 Å². The fourth-order valence-corrected chi connectivity index (χ4v) is 4.85. The first-order valence-electron chi connectivity index (χ1n) is 11.9. The fraction of sp³-hybridized carbons (Fsp3) is 0.345. The average Bonchev–Trinajstić information content (AvgIpc) is 2.89. The molecule has 0 spiro atoms. The van der Waals surface area contributed by atoms with Crippen LogP contribution in [0.15, 0.2) is 48.5 Å². The Labute approximate surface area is 212 Å². The van der Waals surface area contributed by atoms with Crippen LogP contribution in [0, 0.1) is 13.8 Å². The molecule has 0 N–H and O–H groups in total. The van der Waals surface area contributed by atoms with Gasteiger partial charge in [-0.05, 0) is 78.9 Å². The van der Waals surface area contributed by atoms with Crippen LogP contribution in [-0.2, 0) is 6.42 Å². The van der Waals surface area contributed by atoms with Crippen molar-refractivity contribution >= 4 is 5.91 Å². The van der Waals surface area contributed by atoms with Gasteiger partial charge in [0.15, 0.2) is 23.0 Å². The van der Waals surface area contributed by atoms with Crippen molar-refractivity contribution < 1.29 is 28.5 Å². The van der Waals surface area contributed by atoms with E-state index < -0.39 is 0 Å². The predicted octanol–water partition coefficient (Wildman–Crippen LogP) is 5.16. The molecule has 0 bridgehead atoms. The summed E-state index contributed by atoms with van der Waals surface area (Å²) in [6, 6.07) is 15.0. The van der Waals surface area contributed by atoms with E-state index in [-0.39, 0.29) is 18.6 Å². The van der Waals surface area contributed by atoms with E-state index >= 15 is 0 Å². The first-order chi connectivity index (χ1) is 17.4. The Kier molecular flexibility index (Phi) is 7.58. The highest BCUT2D eigenvalue weighted by Crippen LogP contribution is 2.40. The van der Waals surface area contributed by atoms with Crippen LogP contribution in [0.2, 0.25) is 0 Å². The number of hydrogen-bond acceptors (Lipinski definition) is 6. The molecule has 7 heteroatoms. The van der Waals surface area contributed by atoms with Crippen LogP contribution in [0.4, 0.5) is 0 Å². The minimum atomic E-state index is -0.349. The molecule has 1 unspecified atom stereocenters. The zero-order chi connectivity index (χ0) is 25.8. The highest BCUT2D eigenvalue weighted by atomic mass is 16.5. The lowest BCUT2D eigenvalue weighted by Crippen LogP contribution is -2.42. The van der Waals surface area contributed by atoms with Crippen LogP contribution >= 0.6 is 0 Å². The standard InChI is InChI=1S/C29H33NO6/c1-18-12-19(2)14-21(13-18)36-17-24-23-16-27(34-5)26(33-4)15-20(23)10-11-30(24)29(31)22-8-7-9-25(32-3)28(22)35-6/h7-9,12-16,24H,10-11,17H2,1-6H3. The normalized spacial score (nSPS) is 14.6. The summed E-state index contributed by atoms with van der Waals surface area (Å²) in [5.74, 6) is 2.82. The molecule has 0 radical (unpaired) electrons. The van der Waals surface area contributed by atoms with Crippen molar-refractivity contribution in [2.24, 2.45) is 0 Å².